The highest BCUT2D eigenvalue weighted by Gasteiger charge is 2.38. The third kappa shape index (κ3) is 1.43. The standard InChI is InChI=1S/C14H10NO2/c16-13-11-8-4-5-9-12(11)14(17)15(13)10-6-2-1-3-7-10/h1-10H. The minimum Gasteiger partial charge on any atom is -0.269 e. The first-order valence-corrected chi connectivity index (χ1v) is 5.44. The van der Waals surface area contributed by atoms with Crippen LogP contribution in [0.4, 0.5) is 0 Å². The van der Waals surface area contributed by atoms with E-state index in [0.29, 0.717) is 11.1 Å². The van der Waals surface area contributed by atoms with Crippen molar-refractivity contribution in [3.63, 3.8) is 0 Å². The quantitative estimate of drug-likeness (QED) is 0.684. The first-order valence-electron chi connectivity index (χ1n) is 5.44. The molecule has 1 aromatic carbocycles. The Morgan fingerprint density at radius 1 is 0.882 bits per heavy atom. The van der Waals surface area contributed by atoms with Gasteiger partial charge in [-0.05, 0) is 12.1 Å². The van der Waals surface area contributed by atoms with Crippen molar-refractivity contribution in [3.05, 3.63) is 66.1 Å². The lowest BCUT2D eigenvalue weighted by Crippen LogP contribution is -2.39. The summed E-state index contributed by atoms with van der Waals surface area (Å²) in [7, 11) is 0. The van der Waals surface area contributed by atoms with Crippen LogP contribution in [0.1, 0.15) is 20.7 Å². The van der Waals surface area contributed by atoms with Crippen LogP contribution >= 0.6 is 0 Å². The van der Waals surface area contributed by atoms with Crippen LogP contribution in [0.3, 0.4) is 0 Å². The topological polar surface area (TPSA) is 37.4 Å². The number of imide groups is 1. The third-order valence-corrected chi connectivity index (χ3v) is 2.96. The maximum absolute atomic E-state index is 12.1. The molecule has 0 unspecified atom stereocenters. The molecule has 1 aliphatic heterocycles. The van der Waals surface area contributed by atoms with Gasteiger partial charge in [-0.3, -0.25) is 14.5 Å². The average Bonchev–Trinajstić information content (AvgIpc) is 2.64. The summed E-state index contributed by atoms with van der Waals surface area (Å²) in [6.45, 7) is 0. The molecule has 0 saturated carbocycles. The van der Waals surface area contributed by atoms with E-state index in [1.165, 1.54) is 4.90 Å². The number of fused-ring (bicyclic) bond motifs is 1. The Labute approximate surface area is 99.0 Å². The van der Waals surface area contributed by atoms with E-state index in [9.17, 15) is 9.59 Å². The van der Waals surface area contributed by atoms with E-state index < -0.39 is 0 Å². The van der Waals surface area contributed by atoms with Crippen LogP contribution < -0.4 is 0 Å². The highest BCUT2D eigenvalue weighted by Crippen LogP contribution is 2.26. The number of amides is 2. The Balaban J connectivity index is 2.00. The summed E-state index contributed by atoms with van der Waals surface area (Å²) in [5.41, 5.74) is 0.989. The van der Waals surface area contributed by atoms with Crippen molar-refractivity contribution < 1.29 is 9.59 Å². The van der Waals surface area contributed by atoms with Gasteiger partial charge in [0.2, 0.25) is 0 Å². The van der Waals surface area contributed by atoms with Crippen molar-refractivity contribution in [3.8, 4) is 0 Å². The molecule has 3 heteroatoms. The van der Waals surface area contributed by atoms with Crippen molar-refractivity contribution in [2.45, 2.75) is 6.04 Å². The summed E-state index contributed by atoms with van der Waals surface area (Å²) in [5, 5.41) is 0. The summed E-state index contributed by atoms with van der Waals surface area (Å²) in [6.07, 6.45) is 9.22. The number of rotatable bonds is 1. The second-order valence-corrected chi connectivity index (χ2v) is 3.98. The Morgan fingerprint density at radius 2 is 1.53 bits per heavy atom. The summed E-state index contributed by atoms with van der Waals surface area (Å²) < 4.78 is 0. The fraction of sp³-hybridized carbons (Fsp3) is 0.0714. The van der Waals surface area contributed by atoms with E-state index in [4.69, 9.17) is 0 Å². The molecule has 1 atom stereocenters. The van der Waals surface area contributed by atoms with E-state index in [-0.39, 0.29) is 17.9 Å². The molecule has 1 heterocycles. The summed E-state index contributed by atoms with van der Waals surface area (Å²) >= 11 is 0. The molecule has 1 radical (unpaired) electrons. The van der Waals surface area contributed by atoms with Gasteiger partial charge in [0.05, 0.1) is 17.2 Å². The molecule has 17 heavy (non-hydrogen) atoms. The summed E-state index contributed by atoms with van der Waals surface area (Å²) in [4.78, 5) is 25.6. The number of hydrogen-bond acceptors (Lipinski definition) is 2. The number of benzene rings is 1. The normalized spacial score (nSPS) is 22.1. The van der Waals surface area contributed by atoms with Crippen molar-refractivity contribution in [1.82, 2.24) is 4.90 Å². The molecule has 0 saturated heterocycles. The first kappa shape index (κ1) is 10.0. The minimum absolute atomic E-state index is 0.216. The minimum atomic E-state index is -0.271. The molecule has 0 spiro atoms. The zero-order valence-electron chi connectivity index (χ0n) is 9.04. The molecule has 0 N–H and O–H groups in total. The SMILES string of the molecule is O=C1c2ccccc2C(=O)N1[C@H]1[CH]C=CC=C1. The van der Waals surface area contributed by atoms with Gasteiger partial charge in [-0.2, -0.15) is 0 Å². The molecular weight excluding hydrogens is 214 g/mol. The predicted octanol–water partition coefficient (Wildman–Crippen LogP) is 1.98. The van der Waals surface area contributed by atoms with Crippen LogP contribution in [0.25, 0.3) is 0 Å². The Bertz CT molecular complexity index is 522. The van der Waals surface area contributed by atoms with Crippen LogP contribution in [0.15, 0.2) is 48.6 Å². The maximum Gasteiger partial charge on any atom is 0.262 e. The number of carbonyl (C=O) groups is 2. The largest absolute Gasteiger partial charge is 0.269 e. The molecule has 3 rings (SSSR count). The van der Waals surface area contributed by atoms with E-state index in [1.807, 2.05) is 30.7 Å². The van der Waals surface area contributed by atoms with Gasteiger partial charge in [0, 0.05) is 6.42 Å². The Morgan fingerprint density at radius 3 is 2.06 bits per heavy atom. The van der Waals surface area contributed by atoms with Gasteiger partial charge in [-0.1, -0.05) is 36.4 Å². The number of carbonyl (C=O) groups excluding carboxylic acids is 2. The van der Waals surface area contributed by atoms with Crippen molar-refractivity contribution in [2.75, 3.05) is 0 Å². The van der Waals surface area contributed by atoms with Gasteiger partial charge < -0.3 is 0 Å². The average molecular weight is 224 g/mol. The molecule has 1 aliphatic carbocycles. The molecule has 1 aromatic rings. The van der Waals surface area contributed by atoms with E-state index >= 15 is 0 Å². The molecule has 2 amide bonds. The molecule has 0 aromatic heterocycles. The lowest BCUT2D eigenvalue weighted by Gasteiger charge is -2.23. The smallest absolute Gasteiger partial charge is 0.262 e. The lowest BCUT2D eigenvalue weighted by atomic mass is 10.1. The van der Waals surface area contributed by atoms with Crippen LogP contribution in [0, 0.1) is 6.42 Å². The van der Waals surface area contributed by atoms with E-state index in [0.717, 1.165) is 0 Å². The zero-order chi connectivity index (χ0) is 11.8. The molecule has 2 aliphatic rings. The van der Waals surface area contributed by atoms with Gasteiger partial charge in [0.15, 0.2) is 0 Å². The van der Waals surface area contributed by atoms with Gasteiger partial charge in [-0.15, -0.1) is 0 Å². The molecule has 0 bridgehead atoms. The van der Waals surface area contributed by atoms with Crippen LogP contribution in [0.2, 0.25) is 0 Å². The zero-order valence-corrected chi connectivity index (χ0v) is 9.04. The lowest BCUT2D eigenvalue weighted by molar-refractivity contribution is 0.0633. The van der Waals surface area contributed by atoms with Crippen LogP contribution in [-0.2, 0) is 0 Å². The van der Waals surface area contributed by atoms with E-state index in [1.54, 1.807) is 24.3 Å². The maximum atomic E-state index is 12.1. The van der Waals surface area contributed by atoms with Gasteiger partial charge >= 0.3 is 0 Å². The monoisotopic (exact) mass is 224 g/mol. The molecule has 83 valence electrons. The highest BCUT2D eigenvalue weighted by molar-refractivity contribution is 6.21. The highest BCUT2D eigenvalue weighted by atomic mass is 16.2. The Kier molecular flexibility index (Phi) is 2.18. The molecule has 3 nitrogen and oxygen atoms in total. The van der Waals surface area contributed by atoms with Crippen LogP contribution in [0.5, 0.6) is 0 Å². The number of allylic oxidation sites excluding steroid dienone is 2. The van der Waals surface area contributed by atoms with E-state index in [2.05, 4.69) is 0 Å². The molecular formula is C14H10NO2. The molecule has 0 fully saturated rings. The number of nitrogens with zero attached hydrogens (tertiary/aromatic N) is 1. The second-order valence-electron chi connectivity index (χ2n) is 3.98. The first-order chi connectivity index (χ1) is 8.29. The fourth-order valence-electron chi connectivity index (χ4n) is 2.14. The third-order valence-electron chi connectivity index (χ3n) is 2.96. The van der Waals surface area contributed by atoms with Gasteiger partial charge in [-0.25, -0.2) is 0 Å². The Hall–Kier alpha value is -2.16. The predicted molar refractivity (Wildman–Crippen MR) is 63.3 cm³/mol. The van der Waals surface area contributed by atoms with Gasteiger partial charge in [0.1, 0.15) is 0 Å². The van der Waals surface area contributed by atoms with Gasteiger partial charge in [0.25, 0.3) is 11.8 Å². The van der Waals surface area contributed by atoms with Crippen molar-refractivity contribution in [2.24, 2.45) is 0 Å². The fourth-order valence-corrected chi connectivity index (χ4v) is 2.14. The number of hydrogen-bond donors (Lipinski definition) is 0. The summed E-state index contributed by atoms with van der Waals surface area (Å²) in [5.74, 6) is -0.432. The second kappa shape index (κ2) is 3.70. The van der Waals surface area contributed by atoms with Crippen LogP contribution in [-0.4, -0.2) is 22.8 Å². The van der Waals surface area contributed by atoms with Crippen molar-refractivity contribution >= 4 is 11.8 Å². The van der Waals surface area contributed by atoms with Crippen molar-refractivity contribution in [1.29, 1.82) is 0 Å². The summed E-state index contributed by atoms with van der Waals surface area (Å²) in [6, 6.07) is 6.66.